The Labute approximate surface area is 184 Å². The van der Waals surface area contributed by atoms with E-state index in [4.69, 9.17) is 18.9 Å². The van der Waals surface area contributed by atoms with E-state index in [1.165, 1.54) is 0 Å². The average Bonchev–Trinajstić information content (AvgIpc) is 2.80. The molecule has 31 heavy (non-hydrogen) atoms. The van der Waals surface area contributed by atoms with Gasteiger partial charge in [-0.1, -0.05) is 12.1 Å². The Morgan fingerprint density at radius 3 is 2.52 bits per heavy atom. The highest BCUT2D eigenvalue weighted by Gasteiger charge is 2.23. The second-order valence-corrected chi connectivity index (χ2v) is 7.13. The molecule has 7 heteroatoms. The topological polar surface area (TPSA) is 72.8 Å². The molecule has 1 atom stereocenters. The number of aromatic hydroxyl groups is 1. The summed E-state index contributed by atoms with van der Waals surface area (Å²) in [6.45, 7) is 8.52. The fourth-order valence-corrected chi connectivity index (χ4v) is 3.65. The van der Waals surface area contributed by atoms with Crippen LogP contribution in [0.5, 0.6) is 23.0 Å². The van der Waals surface area contributed by atoms with Crippen molar-refractivity contribution in [1.82, 2.24) is 4.90 Å². The van der Waals surface area contributed by atoms with Crippen LogP contribution < -0.4 is 14.2 Å². The zero-order valence-electron chi connectivity index (χ0n) is 18.5. The molecular weight excluding hydrogens is 396 g/mol. The van der Waals surface area contributed by atoms with Gasteiger partial charge in [0, 0.05) is 24.9 Å². The van der Waals surface area contributed by atoms with Crippen LogP contribution in [-0.4, -0.2) is 69.4 Å². The zero-order valence-corrected chi connectivity index (χ0v) is 18.5. The van der Waals surface area contributed by atoms with Crippen molar-refractivity contribution in [1.29, 1.82) is 0 Å². The molecular formula is C24H32N2O5. The first-order chi connectivity index (χ1) is 15.2. The van der Waals surface area contributed by atoms with Gasteiger partial charge >= 0.3 is 0 Å². The molecule has 0 bridgehead atoms. The van der Waals surface area contributed by atoms with E-state index in [0.717, 1.165) is 24.4 Å². The molecule has 1 fully saturated rings. The predicted molar refractivity (Wildman–Crippen MR) is 121 cm³/mol. The van der Waals surface area contributed by atoms with Gasteiger partial charge in [0.2, 0.25) is 0 Å². The lowest BCUT2D eigenvalue weighted by atomic mass is 10.0. The van der Waals surface area contributed by atoms with Crippen molar-refractivity contribution in [2.24, 2.45) is 4.99 Å². The summed E-state index contributed by atoms with van der Waals surface area (Å²) in [4.78, 5) is 7.04. The Bertz CT molecular complexity index is 865. The van der Waals surface area contributed by atoms with Crippen LogP contribution in [0.3, 0.4) is 0 Å². The second-order valence-electron chi connectivity index (χ2n) is 7.13. The second kappa shape index (κ2) is 11.6. The number of hydrogen-bond acceptors (Lipinski definition) is 7. The molecule has 168 valence electrons. The Morgan fingerprint density at radius 1 is 1.06 bits per heavy atom. The van der Waals surface area contributed by atoms with Crippen molar-refractivity contribution in [3.8, 4) is 23.0 Å². The highest BCUT2D eigenvalue weighted by molar-refractivity contribution is 5.84. The van der Waals surface area contributed by atoms with E-state index in [-0.39, 0.29) is 11.8 Å². The number of methoxy groups -OCH3 is 1. The molecule has 1 N–H and O–H groups in total. The lowest BCUT2D eigenvalue weighted by Crippen LogP contribution is -2.40. The van der Waals surface area contributed by atoms with Gasteiger partial charge in [-0.2, -0.15) is 0 Å². The first-order valence-corrected chi connectivity index (χ1v) is 10.7. The average molecular weight is 429 g/mol. The first-order valence-electron chi connectivity index (χ1n) is 10.7. The fraction of sp³-hybridized carbons (Fsp3) is 0.458. The highest BCUT2D eigenvalue weighted by atomic mass is 16.5. The van der Waals surface area contributed by atoms with E-state index in [1.54, 1.807) is 19.4 Å². The fourth-order valence-electron chi connectivity index (χ4n) is 3.65. The number of aliphatic imine (C=N–C) groups is 1. The summed E-state index contributed by atoms with van der Waals surface area (Å²) in [5, 5.41) is 10.4. The van der Waals surface area contributed by atoms with E-state index >= 15 is 0 Å². The largest absolute Gasteiger partial charge is 0.504 e. The van der Waals surface area contributed by atoms with Crippen LogP contribution in [0.4, 0.5) is 0 Å². The van der Waals surface area contributed by atoms with Gasteiger partial charge in [0.25, 0.3) is 0 Å². The van der Waals surface area contributed by atoms with Gasteiger partial charge < -0.3 is 24.1 Å². The van der Waals surface area contributed by atoms with Crippen molar-refractivity contribution < 1.29 is 24.1 Å². The predicted octanol–water partition coefficient (Wildman–Crippen LogP) is 3.69. The van der Waals surface area contributed by atoms with Crippen LogP contribution in [0.25, 0.3) is 0 Å². The van der Waals surface area contributed by atoms with Crippen molar-refractivity contribution in [3.05, 3.63) is 47.5 Å². The van der Waals surface area contributed by atoms with E-state index in [2.05, 4.69) is 16.0 Å². The molecule has 2 aromatic rings. The van der Waals surface area contributed by atoms with Gasteiger partial charge in [-0.25, -0.2) is 0 Å². The van der Waals surface area contributed by atoms with Crippen LogP contribution in [0.15, 0.2) is 41.4 Å². The van der Waals surface area contributed by atoms with E-state index < -0.39 is 0 Å². The molecule has 1 heterocycles. The number of rotatable bonds is 10. The summed E-state index contributed by atoms with van der Waals surface area (Å²) in [6.07, 6.45) is 1.71. The molecule has 1 aliphatic rings. The van der Waals surface area contributed by atoms with Gasteiger partial charge in [-0.15, -0.1) is 0 Å². The molecule has 0 spiro atoms. The molecule has 0 amide bonds. The van der Waals surface area contributed by atoms with Crippen molar-refractivity contribution in [3.63, 3.8) is 0 Å². The third-order valence-corrected chi connectivity index (χ3v) is 5.20. The molecule has 0 aliphatic carbocycles. The van der Waals surface area contributed by atoms with E-state index in [9.17, 15) is 5.11 Å². The van der Waals surface area contributed by atoms with Gasteiger partial charge in [0.1, 0.15) is 0 Å². The van der Waals surface area contributed by atoms with Crippen LogP contribution in [0, 0.1) is 0 Å². The maximum atomic E-state index is 10.4. The summed E-state index contributed by atoms with van der Waals surface area (Å²) < 4.78 is 22.2. The third-order valence-electron chi connectivity index (χ3n) is 5.20. The summed E-state index contributed by atoms with van der Waals surface area (Å²) in [5.74, 6) is 2.02. The smallest absolute Gasteiger partial charge is 0.166 e. The normalized spacial score (nSPS) is 15.7. The molecule has 2 aromatic carbocycles. The Hall–Kier alpha value is -2.77. The minimum absolute atomic E-state index is 0.0574. The monoisotopic (exact) mass is 428 g/mol. The van der Waals surface area contributed by atoms with Gasteiger partial charge in [0.15, 0.2) is 23.0 Å². The minimum atomic E-state index is 0.0574. The molecule has 0 saturated carbocycles. The lowest BCUT2D eigenvalue weighted by Gasteiger charge is -2.34. The highest BCUT2D eigenvalue weighted by Crippen LogP contribution is 2.33. The van der Waals surface area contributed by atoms with Gasteiger partial charge in [-0.3, -0.25) is 9.89 Å². The SMILES string of the molecule is CCOc1ccc([C@H](CN=Cc2cccc(OCC)c2O)N2CCOCC2)cc1OC. The molecule has 1 saturated heterocycles. The summed E-state index contributed by atoms with van der Waals surface area (Å²) >= 11 is 0. The van der Waals surface area contributed by atoms with Crippen LogP contribution in [0.1, 0.15) is 31.0 Å². The molecule has 7 nitrogen and oxygen atoms in total. The number of benzene rings is 2. The Balaban J connectivity index is 1.83. The van der Waals surface area contributed by atoms with Crippen molar-refractivity contribution in [2.75, 3.05) is 53.2 Å². The van der Waals surface area contributed by atoms with Crippen LogP contribution in [-0.2, 0) is 4.74 Å². The molecule has 0 unspecified atom stereocenters. The first kappa shape index (κ1) is 22.9. The number of hydrogen-bond donors (Lipinski definition) is 1. The standard InChI is InChI=1S/C24H32N2O5/c1-4-30-21-10-9-18(15-23(21)28-3)20(26-11-13-29-14-12-26)17-25-16-19-7-6-8-22(24(19)27)31-5-2/h6-10,15-16,20,27H,4-5,11-14,17H2,1-3H3/t20-/m0/s1. The number of phenolic OH excluding ortho intramolecular Hbond substituents is 1. The molecule has 0 aromatic heterocycles. The minimum Gasteiger partial charge on any atom is -0.504 e. The Morgan fingerprint density at radius 2 is 1.81 bits per heavy atom. The molecule has 1 aliphatic heterocycles. The zero-order chi connectivity index (χ0) is 22.1. The maximum Gasteiger partial charge on any atom is 0.166 e. The Kier molecular flexibility index (Phi) is 8.55. The quantitative estimate of drug-likeness (QED) is 0.582. The molecule has 3 rings (SSSR count). The number of para-hydroxylation sites is 1. The maximum absolute atomic E-state index is 10.4. The number of ether oxygens (including phenoxy) is 4. The number of nitrogens with zero attached hydrogens (tertiary/aromatic N) is 2. The lowest BCUT2D eigenvalue weighted by molar-refractivity contribution is 0.0180. The third kappa shape index (κ3) is 5.89. The van der Waals surface area contributed by atoms with Gasteiger partial charge in [0.05, 0.1) is 46.1 Å². The summed E-state index contributed by atoms with van der Waals surface area (Å²) in [5.41, 5.74) is 1.74. The van der Waals surface area contributed by atoms with E-state index in [1.807, 2.05) is 38.1 Å². The van der Waals surface area contributed by atoms with E-state index in [0.29, 0.717) is 50.0 Å². The molecule has 0 radical (unpaired) electrons. The van der Waals surface area contributed by atoms with Gasteiger partial charge in [-0.05, 0) is 43.7 Å². The van der Waals surface area contributed by atoms with Crippen molar-refractivity contribution in [2.45, 2.75) is 19.9 Å². The van der Waals surface area contributed by atoms with Crippen molar-refractivity contribution >= 4 is 6.21 Å². The summed E-state index contributed by atoms with van der Waals surface area (Å²) in [6, 6.07) is 11.5. The summed E-state index contributed by atoms with van der Waals surface area (Å²) in [7, 11) is 1.65. The number of phenols is 1. The number of morpholine rings is 1. The van der Waals surface area contributed by atoms with Crippen LogP contribution in [0.2, 0.25) is 0 Å². The van der Waals surface area contributed by atoms with Crippen LogP contribution >= 0.6 is 0 Å².